The first-order chi connectivity index (χ1) is 12.0. The highest BCUT2D eigenvalue weighted by Gasteiger charge is 2.40. The normalized spacial score (nSPS) is 11.5. The first-order valence-electron chi connectivity index (χ1n) is 6.83. The van der Waals surface area contributed by atoms with Gasteiger partial charge < -0.3 is 11.1 Å². The van der Waals surface area contributed by atoms with Gasteiger partial charge in [-0.3, -0.25) is 14.4 Å². The molecule has 0 unspecified atom stereocenters. The van der Waals surface area contributed by atoms with E-state index >= 15 is 0 Å². The maximum Gasteiger partial charge on any atom is 0.435 e. The Balaban J connectivity index is 2.40. The molecule has 1 radical (unpaired) electrons. The summed E-state index contributed by atoms with van der Waals surface area (Å²) in [4.78, 5) is 37.4. The number of alkyl halides is 3. The number of aromatic nitrogens is 1. The Bertz CT molecular complexity index is 862. The van der Waals surface area contributed by atoms with E-state index in [9.17, 15) is 31.9 Å². The molecule has 26 heavy (non-hydrogen) atoms. The van der Waals surface area contributed by atoms with Crippen LogP contribution >= 0.6 is 11.3 Å². The first-order valence-corrected chi connectivity index (χ1v) is 7.65. The van der Waals surface area contributed by atoms with Crippen LogP contribution in [0.5, 0.6) is 0 Å². The number of nitrogens with zero attached hydrogens (tertiary/aromatic N) is 1. The fourth-order valence-corrected chi connectivity index (χ4v) is 2.70. The first kappa shape index (κ1) is 19.5. The van der Waals surface area contributed by atoms with Gasteiger partial charge in [-0.05, 0) is 31.2 Å². The van der Waals surface area contributed by atoms with Gasteiger partial charge in [-0.2, -0.15) is 13.2 Å². The van der Waals surface area contributed by atoms with Gasteiger partial charge in [0.15, 0.2) is 10.8 Å². The maximum atomic E-state index is 13.2. The van der Waals surface area contributed by atoms with Gasteiger partial charge in [0.2, 0.25) is 17.6 Å². The minimum Gasteiger partial charge on any atom is -0.369 e. The minimum absolute atomic E-state index is 0.182. The SMILES string of the molecule is C[C](C(N)=O)C(=O)Nc1nc(C(F)(F)F)c(C(=O)c2ccc(F)cc2)s1. The third-order valence-electron chi connectivity index (χ3n) is 3.14. The number of hydrogen-bond donors (Lipinski definition) is 2. The van der Waals surface area contributed by atoms with Crippen molar-refractivity contribution >= 4 is 34.1 Å². The lowest BCUT2D eigenvalue weighted by Crippen LogP contribution is -2.30. The zero-order chi connectivity index (χ0) is 19.6. The Kier molecular flexibility index (Phi) is 5.40. The molecule has 0 bridgehead atoms. The van der Waals surface area contributed by atoms with Gasteiger partial charge in [-0.25, -0.2) is 9.37 Å². The number of amides is 2. The molecule has 0 atom stereocenters. The van der Waals surface area contributed by atoms with Crippen LogP contribution in [0.4, 0.5) is 22.7 Å². The third kappa shape index (κ3) is 4.23. The van der Waals surface area contributed by atoms with Crippen molar-refractivity contribution < 1.29 is 31.9 Å². The van der Waals surface area contributed by atoms with Crippen LogP contribution in [0.1, 0.15) is 27.9 Å². The highest BCUT2D eigenvalue weighted by atomic mass is 32.1. The number of halogens is 4. The van der Waals surface area contributed by atoms with E-state index in [0.29, 0.717) is 0 Å². The summed E-state index contributed by atoms with van der Waals surface area (Å²) in [6.07, 6.45) is -4.97. The number of benzene rings is 1. The smallest absolute Gasteiger partial charge is 0.369 e. The number of carbonyl (C=O) groups is 3. The molecule has 2 aromatic rings. The molecule has 6 nitrogen and oxygen atoms in total. The molecule has 1 heterocycles. The van der Waals surface area contributed by atoms with Crippen molar-refractivity contribution in [2.75, 3.05) is 5.32 Å². The molecule has 0 fully saturated rings. The molecule has 1 aromatic heterocycles. The quantitative estimate of drug-likeness (QED) is 0.467. The molecular formula is C15H10F4N3O3S. The zero-order valence-corrected chi connectivity index (χ0v) is 13.8. The number of nitrogens with two attached hydrogens (primary N) is 1. The zero-order valence-electron chi connectivity index (χ0n) is 13.0. The Morgan fingerprint density at radius 1 is 1.15 bits per heavy atom. The average Bonchev–Trinajstić information content (AvgIpc) is 2.98. The van der Waals surface area contributed by atoms with Crippen molar-refractivity contribution in [1.29, 1.82) is 0 Å². The van der Waals surface area contributed by atoms with Crippen LogP contribution in [0.15, 0.2) is 24.3 Å². The topological polar surface area (TPSA) is 102 Å². The molecule has 0 saturated carbocycles. The van der Waals surface area contributed by atoms with E-state index in [1.807, 2.05) is 5.32 Å². The lowest BCUT2D eigenvalue weighted by Gasteiger charge is -2.05. The molecule has 1 aromatic carbocycles. The molecule has 0 aliphatic carbocycles. The summed E-state index contributed by atoms with van der Waals surface area (Å²) in [5.41, 5.74) is 3.23. The van der Waals surface area contributed by atoms with Crippen LogP contribution < -0.4 is 11.1 Å². The standard InChI is InChI=1S/C15H10F4N3O3S/c1-6(12(20)24)13(25)22-14-21-11(15(17,18)19)10(26-14)9(23)7-2-4-8(16)5-3-7/h2-5H,1H3,(H2,20,24)(H,21,22,25). The van der Waals surface area contributed by atoms with Crippen molar-refractivity contribution in [2.24, 2.45) is 5.73 Å². The molecule has 2 amide bonds. The second kappa shape index (κ2) is 7.20. The predicted molar refractivity (Wildman–Crippen MR) is 83.7 cm³/mol. The van der Waals surface area contributed by atoms with Crippen molar-refractivity contribution in [3.05, 3.63) is 52.1 Å². The van der Waals surface area contributed by atoms with Crippen molar-refractivity contribution in [3.63, 3.8) is 0 Å². The highest BCUT2D eigenvalue weighted by Crippen LogP contribution is 2.37. The number of thiazole rings is 1. The van der Waals surface area contributed by atoms with E-state index in [4.69, 9.17) is 5.73 Å². The number of primary amides is 1. The number of hydrogen-bond acceptors (Lipinski definition) is 5. The molecule has 0 spiro atoms. The summed E-state index contributed by atoms with van der Waals surface area (Å²) in [6, 6.07) is 3.91. The Hall–Kier alpha value is -2.82. The number of anilines is 1. The van der Waals surface area contributed by atoms with Gasteiger partial charge >= 0.3 is 6.18 Å². The average molecular weight is 388 g/mol. The van der Waals surface area contributed by atoms with E-state index in [-0.39, 0.29) is 16.9 Å². The fourth-order valence-electron chi connectivity index (χ4n) is 1.75. The Morgan fingerprint density at radius 3 is 2.23 bits per heavy atom. The highest BCUT2D eigenvalue weighted by molar-refractivity contribution is 7.18. The molecule has 0 saturated heterocycles. The molecule has 0 aliphatic heterocycles. The summed E-state index contributed by atoms with van der Waals surface area (Å²) < 4.78 is 52.4. The van der Waals surface area contributed by atoms with Crippen LogP contribution in [-0.2, 0) is 15.8 Å². The molecule has 3 N–H and O–H groups in total. The summed E-state index contributed by atoms with van der Waals surface area (Å²) >= 11 is 0.279. The van der Waals surface area contributed by atoms with E-state index in [0.717, 1.165) is 31.2 Å². The van der Waals surface area contributed by atoms with Crippen molar-refractivity contribution in [2.45, 2.75) is 13.1 Å². The Morgan fingerprint density at radius 2 is 1.73 bits per heavy atom. The molecule has 137 valence electrons. The Labute approximate surface area is 148 Å². The predicted octanol–water partition coefficient (Wildman–Crippen LogP) is 2.55. The monoisotopic (exact) mass is 388 g/mol. The third-order valence-corrected chi connectivity index (χ3v) is 4.11. The van der Waals surface area contributed by atoms with Crippen LogP contribution in [-0.4, -0.2) is 22.6 Å². The number of ketones is 1. The number of nitrogens with one attached hydrogen (secondary N) is 1. The number of rotatable bonds is 5. The van der Waals surface area contributed by atoms with Crippen molar-refractivity contribution in [1.82, 2.24) is 4.98 Å². The fraction of sp³-hybridized carbons (Fsp3) is 0.133. The van der Waals surface area contributed by atoms with Gasteiger partial charge in [0.05, 0.1) is 0 Å². The lowest BCUT2D eigenvalue weighted by molar-refractivity contribution is -0.141. The van der Waals surface area contributed by atoms with Gasteiger partial charge in [0.25, 0.3) is 0 Å². The largest absolute Gasteiger partial charge is 0.435 e. The van der Waals surface area contributed by atoms with Crippen LogP contribution in [0, 0.1) is 11.7 Å². The molecular weight excluding hydrogens is 378 g/mol. The lowest BCUT2D eigenvalue weighted by atomic mass is 10.1. The van der Waals surface area contributed by atoms with E-state index in [1.54, 1.807) is 0 Å². The van der Waals surface area contributed by atoms with Crippen LogP contribution in [0.2, 0.25) is 0 Å². The van der Waals surface area contributed by atoms with Gasteiger partial charge in [-0.1, -0.05) is 11.3 Å². The van der Waals surface area contributed by atoms with Gasteiger partial charge in [0, 0.05) is 5.56 Å². The second-order valence-electron chi connectivity index (χ2n) is 4.97. The van der Waals surface area contributed by atoms with E-state index in [1.165, 1.54) is 0 Å². The van der Waals surface area contributed by atoms with Gasteiger partial charge in [-0.15, -0.1) is 0 Å². The second-order valence-corrected chi connectivity index (χ2v) is 5.97. The summed E-state index contributed by atoms with van der Waals surface area (Å²) in [5.74, 6) is -4.24. The van der Waals surface area contributed by atoms with E-state index < -0.39 is 51.2 Å². The maximum absolute atomic E-state index is 13.2. The minimum atomic E-state index is -4.97. The van der Waals surface area contributed by atoms with E-state index in [2.05, 4.69) is 4.98 Å². The summed E-state index contributed by atoms with van der Waals surface area (Å²) in [7, 11) is 0. The van der Waals surface area contributed by atoms with Crippen LogP contribution in [0.25, 0.3) is 0 Å². The molecule has 0 aliphatic rings. The molecule has 2 rings (SSSR count). The number of carbonyl (C=O) groups excluding carboxylic acids is 3. The summed E-state index contributed by atoms with van der Waals surface area (Å²) in [6.45, 7) is 1.08. The molecule has 11 heteroatoms. The van der Waals surface area contributed by atoms with Crippen LogP contribution in [0.3, 0.4) is 0 Å². The van der Waals surface area contributed by atoms with Crippen molar-refractivity contribution in [3.8, 4) is 0 Å². The van der Waals surface area contributed by atoms with Gasteiger partial charge in [0.1, 0.15) is 16.6 Å². The summed E-state index contributed by atoms with van der Waals surface area (Å²) in [5, 5.41) is 1.46.